The predicted octanol–water partition coefficient (Wildman–Crippen LogP) is 2.62. The molecule has 0 spiro atoms. The van der Waals surface area contributed by atoms with Crippen molar-refractivity contribution in [2.24, 2.45) is 0 Å². The van der Waals surface area contributed by atoms with Gasteiger partial charge in [-0.25, -0.2) is 23.1 Å². The Morgan fingerprint density at radius 1 is 1.16 bits per heavy atom. The van der Waals surface area contributed by atoms with E-state index in [0.717, 1.165) is 27.7 Å². The van der Waals surface area contributed by atoms with Crippen LogP contribution >= 0.6 is 0 Å². The maximum absolute atomic E-state index is 13.7. The van der Waals surface area contributed by atoms with Gasteiger partial charge in [0.25, 0.3) is 5.56 Å². The van der Waals surface area contributed by atoms with Crippen molar-refractivity contribution in [3.8, 4) is 5.69 Å². The molecular formula is C17H18F2N4O2. The van der Waals surface area contributed by atoms with E-state index >= 15 is 0 Å². The van der Waals surface area contributed by atoms with E-state index in [1.807, 2.05) is 6.92 Å². The number of hydrogen-bond acceptors (Lipinski definition) is 3. The monoisotopic (exact) mass is 348 g/mol. The van der Waals surface area contributed by atoms with Crippen LogP contribution in [0.2, 0.25) is 0 Å². The molecule has 0 unspecified atom stereocenters. The Bertz CT molecular complexity index is 1060. The number of benzene rings is 1. The van der Waals surface area contributed by atoms with Gasteiger partial charge in [-0.1, -0.05) is 6.92 Å². The molecule has 0 aliphatic heterocycles. The number of nitrogens with zero attached hydrogens (tertiary/aromatic N) is 4. The molecule has 0 saturated heterocycles. The molecule has 2 heterocycles. The first-order chi connectivity index (χ1) is 11.9. The topological polar surface area (TPSA) is 61.8 Å². The third-order valence-electron chi connectivity index (χ3n) is 3.99. The molecule has 0 bridgehead atoms. The van der Waals surface area contributed by atoms with Crippen molar-refractivity contribution in [3.05, 3.63) is 57.0 Å². The number of hydrogen-bond donors (Lipinski definition) is 0. The smallest absolute Gasteiger partial charge is 0.325 e. The van der Waals surface area contributed by atoms with E-state index in [4.69, 9.17) is 0 Å². The maximum atomic E-state index is 13.7. The SMILES string of the molecule is CCCn1cnc2c1c(=O)n(C(C)C)c(=O)n2-c1ccc(F)c(F)c1. The molecule has 25 heavy (non-hydrogen) atoms. The van der Waals surface area contributed by atoms with Crippen LogP contribution < -0.4 is 11.2 Å². The van der Waals surface area contributed by atoms with Gasteiger partial charge in [0.1, 0.15) is 0 Å². The van der Waals surface area contributed by atoms with Gasteiger partial charge < -0.3 is 4.57 Å². The van der Waals surface area contributed by atoms with Gasteiger partial charge in [0.2, 0.25) is 0 Å². The van der Waals surface area contributed by atoms with Crippen LogP contribution in [0.15, 0.2) is 34.1 Å². The first-order valence-electron chi connectivity index (χ1n) is 8.04. The van der Waals surface area contributed by atoms with Crippen LogP contribution in [0.4, 0.5) is 8.78 Å². The molecule has 3 aromatic rings. The fourth-order valence-electron chi connectivity index (χ4n) is 2.88. The third-order valence-corrected chi connectivity index (χ3v) is 3.99. The van der Waals surface area contributed by atoms with Gasteiger partial charge in [0, 0.05) is 18.7 Å². The second-order valence-electron chi connectivity index (χ2n) is 6.10. The van der Waals surface area contributed by atoms with Crippen molar-refractivity contribution in [2.75, 3.05) is 0 Å². The highest BCUT2D eigenvalue weighted by Crippen LogP contribution is 2.17. The zero-order valence-corrected chi connectivity index (χ0v) is 14.2. The van der Waals surface area contributed by atoms with E-state index in [-0.39, 0.29) is 16.9 Å². The molecule has 8 heteroatoms. The highest BCUT2D eigenvalue weighted by atomic mass is 19.2. The molecule has 0 amide bonds. The lowest BCUT2D eigenvalue weighted by Gasteiger charge is -2.14. The summed E-state index contributed by atoms with van der Waals surface area (Å²) in [5, 5.41) is 0. The largest absolute Gasteiger partial charge is 0.337 e. The molecule has 0 aliphatic carbocycles. The second kappa shape index (κ2) is 6.27. The minimum Gasteiger partial charge on any atom is -0.325 e. The van der Waals surface area contributed by atoms with Crippen molar-refractivity contribution >= 4 is 11.2 Å². The summed E-state index contributed by atoms with van der Waals surface area (Å²) in [5.74, 6) is -2.09. The van der Waals surface area contributed by atoms with Crippen LogP contribution in [-0.2, 0) is 6.54 Å². The van der Waals surface area contributed by atoms with Crippen molar-refractivity contribution in [1.82, 2.24) is 18.7 Å². The fourth-order valence-corrected chi connectivity index (χ4v) is 2.88. The first kappa shape index (κ1) is 17.1. The van der Waals surface area contributed by atoms with E-state index in [9.17, 15) is 18.4 Å². The number of aromatic nitrogens is 4. The lowest BCUT2D eigenvalue weighted by atomic mass is 10.3. The van der Waals surface area contributed by atoms with E-state index < -0.39 is 28.9 Å². The van der Waals surface area contributed by atoms with Gasteiger partial charge in [-0.2, -0.15) is 0 Å². The molecule has 1 aromatic carbocycles. The van der Waals surface area contributed by atoms with E-state index in [1.54, 1.807) is 18.4 Å². The summed E-state index contributed by atoms with van der Waals surface area (Å²) in [6.45, 7) is 5.94. The van der Waals surface area contributed by atoms with Crippen molar-refractivity contribution in [1.29, 1.82) is 0 Å². The Balaban J connectivity index is 2.47. The second-order valence-corrected chi connectivity index (χ2v) is 6.10. The van der Waals surface area contributed by atoms with Crippen molar-refractivity contribution < 1.29 is 8.78 Å². The summed E-state index contributed by atoms with van der Waals surface area (Å²) < 4.78 is 30.9. The average Bonchev–Trinajstić information content (AvgIpc) is 2.94. The number of imidazole rings is 1. The molecule has 0 N–H and O–H groups in total. The number of halogens is 2. The van der Waals surface area contributed by atoms with Crippen molar-refractivity contribution in [3.63, 3.8) is 0 Å². The standard InChI is InChI=1S/C17H18F2N4O2/c1-4-7-21-9-20-15-14(21)16(24)22(10(2)3)17(25)23(15)11-5-6-12(18)13(19)8-11/h5-6,8-10H,4,7H2,1-3H3. The summed E-state index contributed by atoms with van der Waals surface area (Å²) >= 11 is 0. The minimum absolute atomic E-state index is 0.116. The highest BCUT2D eigenvalue weighted by Gasteiger charge is 2.21. The minimum atomic E-state index is -1.08. The number of rotatable bonds is 4. The highest BCUT2D eigenvalue weighted by molar-refractivity contribution is 5.72. The Labute approximate surface area is 142 Å². The van der Waals surface area contributed by atoms with Crippen LogP contribution in [-0.4, -0.2) is 18.7 Å². The van der Waals surface area contributed by atoms with Gasteiger partial charge in [0.05, 0.1) is 12.0 Å². The van der Waals surface area contributed by atoms with E-state index in [1.165, 1.54) is 12.4 Å². The Morgan fingerprint density at radius 2 is 1.88 bits per heavy atom. The van der Waals surface area contributed by atoms with E-state index in [2.05, 4.69) is 4.98 Å². The molecule has 0 fully saturated rings. The molecule has 0 aliphatic rings. The molecule has 0 atom stereocenters. The zero-order chi connectivity index (χ0) is 18.3. The number of fused-ring (bicyclic) bond motifs is 1. The Hall–Kier alpha value is -2.77. The summed E-state index contributed by atoms with van der Waals surface area (Å²) in [7, 11) is 0. The average molecular weight is 348 g/mol. The van der Waals surface area contributed by atoms with E-state index in [0.29, 0.717) is 6.54 Å². The quantitative estimate of drug-likeness (QED) is 0.728. The Kier molecular flexibility index (Phi) is 4.28. The lowest BCUT2D eigenvalue weighted by Crippen LogP contribution is -2.41. The van der Waals surface area contributed by atoms with Crippen LogP contribution in [0.5, 0.6) is 0 Å². The third kappa shape index (κ3) is 2.67. The van der Waals surface area contributed by atoms with Crippen molar-refractivity contribution in [2.45, 2.75) is 39.8 Å². The molecule has 2 aromatic heterocycles. The predicted molar refractivity (Wildman–Crippen MR) is 90.2 cm³/mol. The molecule has 132 valence electrons. The van der Waals surface area contributed by atoms with Crippen LogP contribution in [0.1, 0.15) is 33.2 Å². The zero-order valence-electron chi connectivity index (χ0n) is 14.2. The molecular weight excluding hydrogens is 330 g/mol. The molecule has 6 nitrogen and oxygen atoms in total. The van der Waals surface area contributed by atoms with Gasteiger partial charge in [-0.15, -0.1) is 0 Å². The van der Waals surface area contributed by atoms with Crippen LogP contribution in [0.3, 0.4) is 0 Å². The summed E-state index contributed by atoms with van der Waals surface area (Å²) in [5.41, 5.74) is -0.573. The number of aryl methyl sites for hydroxylation is 1. The normalized spacial score (nSPS) is 11.6. The summed E-state index contributed by atoms with van der Waals surface area (Å²) in [4.78, 5) is 29.9. The van der Waals surface area contributed by atoms with Gasteiger partial charge in [0.15, 0.2) is 22.8 Å². The first-order valence-corrected chi connectivity index (χ1v) is 8.04. The van der Waals surface area contributed by atoms with Gasteiger partial charge >= 0.3 is 5.69 Å². The molecule has 3 rings (SSSR count). The fraction of sp³-hybridized carbons (Fsp3) is 0.353. The lowest BCUT2D eigenvalue weighted by molar-refractivity contribution is 0.506. The van der Waals surface area contributed by atoms with Crippen LogP contribution in [0, 0.1) is 11.6 Å². The van der Waals surface area contributed by atoms with Crippen LogP contribution in [0.25, 0.3) is 16.9 Å². The molecule has 0 radical (unpaired) electrons. The summed E-state index contributed by atoms with van der Waals surface area (Å²) in [6, 6.07) is 2.75. The Morgan fingerprint density at radius 3 is 2.48 bits per heavy atom. The van der Waals surface area contributed by atoms with Gasteiger partial charge in [-0.05, 0) is 32.4 Å². The molecule has 0 saturated carbocycles. The summed E-state index contributed by atoms with van der Waals surface area (Å²) in [6.07, 6.45) is 2.26. The maximum Gasteiger partial charge on any atom is 0.337 e. The van der Waals surface area contributed by atoms with Gasteiger partial charge in [-0.3, -0.25) is 9.36 Å².